The molecule has 1 nitrogen and oxygen atoms in total. The maximum atomic E-state index is 10.6. The molecule has 0 atom stereocenters. The van der Waals surface area contributed by atoms with Crippen molar-refractivity contribution in [3.05, 3.63) is 35.9 Å². The molecule has 0 aliphatic carbocycles. The van der Waals surface area contributed by atoms with Crippen molar-refractivity contribution in [2.24, 2.45) is 0 Å². The minimum Gasteiger partial charge on any atom is -0.300 e. The van der Waals surface area contributed by atoms with E-state index in [0.717, 1.165) is 5.56 Å². The van der Waals surface area contributed by atoms with Crippen LogP contribution in [-0.2, 0) is 43.9 Å². The Morgan fingerprint density at radius 2 is 2.00 bits per heavy atom. The second kappa shape index (κ2) is 5.62. The fourth-order valence-corrected chi connectivity index (χ4v) is 0.827. The summed E-state index contributed by atoms with van der Waals surface area (Å²) >= 11 is 0. The second-order valence-corrected chi connectivity index (χ2v) is 2.29. The average molecular weight is 222 g/mol. The van der Waals surface area contributed by atoms with Gasteiger partial charge in [-0.2, -0.15) is 35.9 Å². The number of benzene rings is 1. The molecule has 0 N–H and O–H groups in total. The summed E-state index contributed by atoms with van der Waals surface area (Å²) in [6.07, 6.45) is 0.536. The Balaban J connectivity index is 0.000001000. The van der Waals surface area contributed by atoms with E-state index in [4.69, 9.17) is 0 Å². The Morgan fingerprint density at radius 1 is 1.45 bits per heavy atom. The first-order valence-electron chi connectivity index (χ1n) is 3.23. The molecule has 55 valence electrons. The summed E-state index contributed by atoms with van der Waals surface area (Å²) in [5.41, 5.74) is 1.06. The predicted octanol–water partition coefficient (Wildman–Crippen LogP) is 1.62. The van der Waals surface area contributed by atoms with E-state index in [9.17, 15) is 4.79 Å². The van der Waals surface area contributed by atoms with Crippen molar-refractivity contribution in [1.29, 1.82) is 0 Å². The quantitative estimate of drug-likeness (QED) is 0.695. The number of carbonyl (C=O) groups excluding carboxylic acids is 1. The normalized spacial score (nSPS) is 8.45. The van der Waals surface area contributed by atoms with Crippen molar-refractivity contribution in [1.82, 2.24) is 0 Å². The van der Waals surface area contributed by atoms with Gasteiger partial charge in [-0.1, -0.05) is 0 Å². The van der Waals surface area contributed by atoms with Crippen LogP contribution in [0.3, 0.4) is 0 Å². The summed E-state index contributed by atoms with van der Waals surface area (Å²) in [5.74, 6) is 0.200. The number of ketones is 1. The molecular formula is C9H9OY-. The van der Waals surface area contributed by atoms with Crippen LogP contribution in [0.25, 0.3) is 0 Å². The molecule has 0 aliphatic rings. The van der Waals surface area contributed by atoms with Gasteiger partial charge in [-0.25, -0.2) is 0 Å². The van der Waals surface area contributed by atoms with Gasteiger partial charge in [0.05, 0.1) is 0 Å². The van der Waals surface area contributed by atoms with Gasteiger partial charge in [0.2, 0.25) is 0 Å². The van der Waals surface area contributed by atoms with Crippen molar-refractivity contribution < 1.29 is 37.5 Å². The number of hydrogen-bond donors (Lipinski definition) is 0. The largest absolute Gasteiger partial charge is 0.300 e. The first kappa shape index (κ1) is 11.0. The van der Waals surface area contributed by atoms with Crippen LogP contribution in [0.5, 0.6) is 0 Å². The molecule has 11 heavy (non-hydrogen) atoms. The van der Waals surface area contributed by atoms with Gasteiger partial charge < -0.3 is 0 Å². The zero-order valence-corrected chi connectivity index (χ0v) is 9.34. The van der Waals surface area contributed by atoms with Crippen molar-refractivity contribution in [2.75, 3.05) is 0 Å². The van der Waals surface area contributed by atoms with Crippen LogP contribution in [-0.4, -0.2) is 5.78 Å². The number of hydrogen-bond acceptors (Lipinski definition) is 1. The van der Waals surface area contributed by atoms with Crippen LogP contribution in [0.2, 0.25) is 0 Å². The fraction of sp³-hybridized carbons (Fsp3) is 0.222. The molecule has 0 saturated carbocycles. The molecular weight excluding hydrogens is 213 g/mol. The molecule has 0 spiro atoms. The molecule has 1 radical (unpaired) electrons. The van der Waals surface area contributed by atoms with E-state index < -0.39 is 0 Å². The summed E-state index contributed by atoms with van der Waals surface area (Å²) in [6, 6.07) is 10.3. The first-order chi connectivity index (χ1) is 4.79. The topological polar surface area (TPSA) is 17.1 Å². The molecule has 0 amide bonds. The van der Waals surface area contributed by atoms with E-state index in [1.807, 2.05) is 24.3 Å². The van der Waals surface area contributed by atoms with Crippen LogP contribution >= 0.6 is 0 Å². The standard InChI is InChI=1S/C9H9O.Y/c1-8(10)7-9-5-3-2-4-6-9;/h3-6H,7H2,1H3;/q-1;. The molecule has 0 saturated heterocycles. The third kappa shape index (κ3) is 4.44. The molecule has 1 aromatic carbocycles. The van der Waals surface area contributed by atoms with Gasteiger partial charge in [-0.05, 0) is 6.92 Å². The summed E-state index contributed by atoms with van der Waals surface area (Å²) in [6.45, 7) is 1.59. The first-order valence-corrected chi connectivity index (χ1v) is 3.23. The van der Waals surface area contributed by atoms with E-state index in [1.165, 1.54) is 0 Å². The third-order valence-electron chi connectivity index (χ3n) is 1.24. The zero-order valence-electron chi connectivity index (χ0n) is 6.50. The Morgan fingerprint density at radius 3 is 2.45 bits per heavy atom. The molecule has 0 unspecified atom stereocenters. The van der Waals surface area contributed by atoms with Crippen LogP contribution in [0, 0.1) is 6.07 Å². The van der Waals surface area contributed by atoms with Crippen molar-refractivity contribution in [2.45, 2.75) is 13.3 Å². The number of Topliss-reactive ketones (excluding diaryl/α,β-unsaturated/α-hetero) is 1. The smallest absolute Gasteiger partial charge is 0.132 e. The predicted molar refractivity (Wildman–Crippen MR) is 39.7 cm³/mol. The maximum Gasteiger partial charge on any atom is 0.132 e. The minimum atomic E-state index is 0. The van der Waals surface area contributed by atoms with Gasteiger partial charge in [-0.15, -0.1) is 0 Å². The average Bonchev–Trinajstić information content (AvgIpc) is 1.88. The SMILES string of the molecule is CC(=O)Cc1cc[c-]cc1.[Y]. The van der Waals surface area contributed by atoms with Gasteiger partial charge in [0, 0.05) is 39.1 Å². The van der Waals surface area contributed by atoms with Crippen molar-refractivity contribution in [3.63, 3.8) is 0 Å². The Labute approximate surface area is 92.1 Å². The van der Waals surface area contributed by atoms with Crippen LogP contribution < -0.4 is 0 Å². The molecule has 0 fully saturated rings. The van der Waals surface area contributed by atoms with Crippen molar-refractivity contribution in [3.8, 4) is 0 Å². The van der Waals surface area contributed by atoms with Crippen LogP contribution in [0.1, 0.15) is 12.5 Å². The summed E-state index contributed by atoms with van der Waals surface area (Å²) in [4.78, 5) is 10.6. The summed E-state index contributed by atoms with van der Waals surface area (Å²) < 4.78 is 0. The van der Waals surface area contributed by atoms with Gasteiger partial charge in [0.25, 0.3) is 0 Å². The van der Waals surface area contributed by atoms with Gasteiger partial charge in [0.15, 0.2) is 0 Å². The molecule has 1 aromatic rings. The second-order valence-electron chi connectivity index (χ2n) is 2.29. The molecule has 2 heteroatoms. The molecule has 0 heterocycles. The van der Waals surface area contributed by atoms with Gasteiger partial charge in [0.1, 0.15) is 5.78 Å². The molecule has 1 rings (SSSR count). The van der Waals surface area contributed by atoms with E-state index in [-0.39, 0.29) is 38.5 Å². The van der Waals surface area contributed by atoms with Crippen LogP contribution in [0.15, 0.2) is 24.3 Å². The zero-order chi connectivity index (χ0) is 7.40. The van der Waals surface area contributed by atoms with E-state index in [1.54, 1.807) is 6.92 Å². The molecule has 0 bridgehead atoms. The Bertz CT molecular complexity index is 218. The van der Waals surface area contributed by atoms with Crippen LogP contribution in [0.4, 0.5) is 0 Å². The van der Waals surface area contributed by atoms with E-state index >= 15 is 0 Å². The number of rotatable bonds is 2. The van der Waals surface area contributed by atoms with Crippen molar-refractivity contribution >= 4 is 5.78 Å². The third-order valence-corrected chi connectivity index (χ3v) is 1.24. The van der Waals surface area contributed by atoms with E-state index in [2.05, 4.69) is 6.07 Å². The molecule has 0 aromatic heterocycles. The monoisotopic (exact) mass is 222 g/mol. The Hall–Kier alpha value is -0.00610. The molecule has 0 aliphatic heterocycles. The maximum absolute atomic E-state index is 10.6. The fourth-order valence-electron chi connectivity index (χ4n) is 0.827. The van der Waals surface area contributed by atoms with Gasteiger partial charge >= 0.3 is 0 Å². The summed E-state index contributed by atoms with van der Waals surface area (Å²) in [5, 5.41) is 0. The minimum absolute atomic E-state index is 0. The van der Waals surface area contributed by atoms with E-state index in [0.29, 0.717) is 6.42 Å². The number of carbonyl (C=O) groups is 1. The Kier molecular flexibility index (Phi) is 5.62. The summed E-state index contributed by atoms with van der Waals surface area (Å²) in [7, 11) is 0. The van der Waals surface area contributed by atoms with Gasteiger partial charge in [-0.3, -0.25) is 4.79 Å².